The van der Waals surface area contributed by atoms with Gasteiger partial charge in [0.2, 0.25) is 0 Å². The van der Waals surface area contributed by atoms with Crippen LogP contribution in [0.2, 0.25) is 0 Å². The lowest BCUT2D eigenvalue weighted by molar-refractivity contribution is 0.138. The molecule has 0 aromatic heterocycles. The van der Waals surface area contributed by atoms with E-state index in [0.717, 1.165) is 50.4 Å². The maximum Gasteiger partial charge on any atom is 0.119 e. The second-order valence-electron chi connectivity index (χ2n) is 6.53. The zero-order chi connectivity index (χ0) is 16.5. The molecule has 0 spiro atoms. The smallest absolute Gasteiger partial charge is 0.119 e. The van der Waals surface area contributed by atoms with Gasteiger partial charge in [-0.05, 0) is 37.0 Å². The summed E-state index contributed by atoms with van der Waals surface area (Å²) in [6, 6.07) is 7.78. The minimum Gasteiger partial charge on any atom is -0.494 e. The maximum atomic E-state index is 10.3. The van der Waals surface area contributed by atoms with Crippen LogP contribution < -0.4 is 4.74 Å². The van der Waals surface area contributed by atoms with Gasteiger partial charge in [0, 0.05) is 19.6 Å². The molecule has 0 aliphatic carbocycles. The molecule has 1 aromatic rings. The highest BCUT2D eigenvalue weighted by atomic mass is 16.5. The number of nitrogens with zero attached hydrogens (tertiary/aromatic N) is 1. The predicted octanol–water partition coefficient (Wildman–Crippen LogP) is 3.14. The quantitative estimate of drug-likeness (QED) is 0.650. The van der Waals surface area contributed by atoms with Gasteiger partial charge in [-0.1, -0.05) is 38.3 Å². The number of β-amino-alcohol motifs (C(OH)–C–C–N with tert-alkyl or cyclic N) is 1. The summed E-state index contributed by atoms with van der Waals surface area (Å²) in [5.74, 6) is 0.875. The molecule has 0 radical (unpaired) electrons. The summed E-state index contributed by atoms with van der Waals surface area (Å²) < 4.78 is 5.72. The van der Waals surface area contributed by atoms with Crippen molar-refractivity contribution < 1.29 is 14.9 Å². The van der Waals surface area contributed by atoms with E-state index in [1.54, 1.807) is 0 Å². The number of rotatable bonds is 10. The molecule has 1 aliphatic rings. The van der Waals surface area contributed by atoms with Crippen LogP contribution in [0.3, 0.4) is 0 Å². The molecule has 0 amide bonds. The summed E-state index contributed by atoms with van der Waals surface area (Å²) in [5.41, 5.74) is 0.933. The number of unbranched alkanes of at least 4 members (excludes halogenated alkanes) is 3. The third kappa shape index (κ3) is 6.50. The van der Waals surface area contributed by atoms with Crippen molar-refractivity contribution in [2.45, 2.75) is 57.7 Å². The number of hydrogen-bond donors (Lipinski definition) is 2. The van der Waals surface area contributed by atoms with Crippen molar-refractivity contribution in [3.63, 3.8) is 0 Å². The minimum absolute atomic E-state index is 0.194. The topological polar surface area (TPSA) is 52.9 Å². The van der Waals surface area contributed by atoms with Crippen LogP contribution in [-0.4, -0.2) is 47.5 Å². The molecule has 1 heterocycles. The summed E-state index contributed by atoms with van der Waals surface area (Å²) in [6.07, 6.45) is 5.72. The molecule has 0 unspecified atom stereocenters. The first-order valence-electron chi connectivity index (χ1n) is 9.00. The van der Waals surface area contributed by atoms with E-state index in [1.807, 2.05) is 24.3 Å². The van der Waals surface area contributed by atoms with Gasteiger partial charge in [-0.3, -0.25) is 0 Å². The molecule has 0 saturated carbocycles. The van der Waals surface area contributed by atoms with Crippen molar-refractivity contribution in [2.75, 3.05) is 26.2 Å². The largest absolute Gasteiger partial charge is 0.494 e. The second kappa shape index (κ2) is 9.91. The van der Waals surface area contributed by atoms with Gasteiger partial charge in [-0.15, -0.1) is 0 Å². The summed E-state index contributed by atoms with van der Waals surface area (Å²) in [5, 5.41) is 19.8. The summed E-state index contributed by atoms with van der Waals surface area (Å²) in [7, 11) is 0. The van der Waals surface area contributed by atoms with Crippen LogP contribution in [0, 0.1) is 0 Å². The molecule has 1 aromatic carbocycles. The van der Waals surface area contributed by atoms with Gasteiger partial charge in [0.05, 0.1) is 18.8 Å². The number of ether oxygens (including phenoxy) is 1. The van der Waals surface area contributed by atoms with E-state index in [0.29, 0.717) is 6.42 Å². The Morgan fingerprint density at radius 1 is 1.22 bits per heavy atom. The SMILES string of the molecule is CCCCCCOc1ccc([C@@H](O)CCN2CC[C@H](O)C2)cc1. The first kappa shape index (κ1) is 18.2. The van der Waals surface area contributed by atoms with Crippen molar-refractivity contribution in [3.05, 3.63) is 29.8 Å². The average molecular weight is 321 g/mol. The van der Waals surface area contributed by atoms with E-state index in [9.17, 15) is 10.2 Å². The van der Waals surface area contributed by atoms with E-state index in [4.69, 9.17) is 4.74 Å². The fourth-order valence-electron chi connectivity index (χ4n) is 2.99. The number of aliphatic hydroxyl groups excluding tert-OH is 2. The highest BCUT2D eigenvalue weighted by Crippen LogP contribution is 2.21. The number of hydrogen-bond acceptors (Lipinski definition) is 4. The molecular formula is C19H31NO3. The third-order valence-electron chi connectivity index (χ3n) is 4.50. The van der Waals surface area contributed by atoms with E-state index in [2.05, 4.69) is 11.8 Å². The van der Waals surface area contributed by atoms with Crippen LogP contribution in [0.4, 0.5) is 0 Å². The number of likely N-dealkylation sites (tertiary alicyclic amines) is 1. The van der Waals surface area contributed by atoms with Gasteiger partial charge < -0.3 is 19.8 Å². The fraction of sp³-hybridized carbons (Fsp3) is 0.684. The Balaban J connectivity index is 1.68. The minimum atomic E-state index is -0.452. The zero-order valence-electron chi connectivity index (χ0n) is 14.3. The van der Waals surface area contributed by atoms with Crippen LogP contribution in [-0.2, 0) is 0 Å². The van der Waals surface area contributed by atoms with E-state index in [1.165, 1.54) is 19.3 Å². The molecule has 130 valence electrons. The number of aliphatic hydroxyl groups is 2. The van der Waals surface area contributed by atoms with Crippen molar-refractivity contribution in [2.24, 2.45) is 0 Å². The molecule has 4 nitrogen and oxygen atoms in total. The Morgan fingerprint density at radius 3 is 2.65 bits per heavy atom. The Morgan fingerprint density at radius 2 is 2.00 bits per heavy atom. The van der Waals surface area contributed by atoms with E-state index >= 15 is 0 Å². The Kier molecular flexibility index (Phi) is 7.86. The van der Waals surface area contributed by atoms with Gasteiger partial charge >= 0.3 is 0 Å². The molecule has 0 bridgehead atoms. The first-order valence-corrected chi connectivity index (χ1v) is 9.00. The van der Waals surface area contributed by atoms with E-state index in [-0.39, 0.29) is 6.10 Å². The van der Waals surface area contributed by atoms with Crippen LogP contribution in [0.1, 0.15) is 57.1 Å². The molecule has 2 rings (SSSR count). The Labute approximate surface area is 140 Å². The van der Waals surface area contributed by atoms with Gasteiger partial charge in [0.25, 0.3) is 0 Å². The molecule has 1 fully saturated rings. The Bertz CT molecular complexity index is 435. The van der Waals surface area contributed by atoms with Crippen molar-refractivity contribution >= 4 is 0 Å². The van der Waals surface area contributed by atoms with E-state index < -0.39 is 6.10 Å². The predicted molar refractivity (Wildman–Crippen MR) is 92.7 cm³/mol. The van der Waals surface area contributed by atoms with Gasteiger partial charge in [0.15, 0.2) is 0 Å². The van der Waals surface area contributed by atoms with Gasteiger partial charge in [-0.2, -0.15) is 0 Å². The molecule has 2 atom stereocenters. The molecular weight excluding hydrogens is 290 g/mol. The molecule has 4 heteroatoms. The monoisotopic (exact) mass is 321 g/mol. The highest BCUT2D eigenvalue weighted by Gasteiger charge is 2.20. The van der Waals surface area contributed by atoms with Crippen LogP contribution in [0.5, 0.6) is 5.75 Å². The lowest BCUT2D eigenvalue weighted by atomic mass is 10.1. The van der Waals surface area contributed by atoms with Crippen molar-refractivity contribution in [1.82, 2.24) is 4.90 Å². The Hall–Kier alpha value is -1.10. The maximum absolute atomic E-state index is 10.3. The van der Waals surface area contributed by atoms with Gasteiger partial charge in [0.1, 0.15) is 5.75 Å². The molecule has 1 saturated heterocycles. The average Bonchev–Trinajstić information content (AvgIpc) is 2.98. The van der Waals surface area contributed by atoms with Crippen molar-refractivity contribution in [1.29, 1.82) is 0 Å². The first-order chi connectivity index (χ1) is 11.2. The van der Waals surface area contributed by atoms with Crippen LogP contribution >= 0.6 is 0 Å². The van der Waals surface area contributed by atoms with Crippen LogP contribution in [0.25, 0.3) is 0 Å². The van der Waals surface area contributed by atoms with Crippen LogP contribution in [0.15, 0.2) is 24.3 Å². The third-order valence-corrected chi connectivity index (χ3v) is 4.50. The lowest BCUT2D eigenvalue weighted by Gasteiger charge is -2.18. The molecule has 1 aliphatic heterocycles. The normalized spacial score (nSPS) is 19.9. The number of benzene rings is 1. The summed E-state index contributed by atoms with van der Waals surface area (Å²) in [4.78, 5) is 2.21. The van der Waals surface area contributed by atoms with Crippen molar-refractivity contribution in [3.8, 4) is 5.75 Å². The summed E-state index contributed by atoms with van der Waals surface area (Å²) >= 11 is 0. The molecule has 2 N–H and O–H groups in total. The molecule has 23 heavy (non-hydrogen) atoms. The zero-order valence-corrected chi connectivity index (χ0v) is 14.3. The second-order valence-corrected chi connectivity index (χ2v) is 6.53. The lowest BCUT2D eigenvalue weighted by Crippen LogP contribution is -2.24. The fourth-order valence-corrected chi connectivity index (χ4v) is 2.99. The highest BCUT2D eigenvalue weighted by molar-refractivity contribution is 5.28. The standard InChI is InChI=1S/C19H31NO3/c1-2-3-4-5-14-23-18-8-6-16(7-9-18)19(22)11-13-20-12-10-17(21)15-20/h6-9,17,19,21-22H,2-5,10-15H2,1H3/t17-,19-/m0/s1. The van der Waals surface area contributed by atoms with Gasteiger partial charge in [-0.25, -0.2) is 0 Å². The summed E-state index contributed by atoms with van der Waals surface area (Å²) in [6.45, 7) is 5.46.